The maximum absolute atomic E-state index is 10.7. The molecule has 2 rings (SSSR count). The second kappa shape index (κ2) is 6.25. The molecule has 1 aromatic heterocycles. The number of aryl methyl sites for hydroxylation is 1. The largest absolute Gasteiger partial charge is 0.421 e. The SMILES string of the molecule is CCNCCc1nnc(-c2ccc([N+](=O)[O-])cc2C)o1. The molecule has 0 aliphatic rings. The molecule has 7 nitrogen and oxygen atoms in total. The highest BCUT2D eigenvalue weighted by molar-refractivity contribution is 5.60. The van der Waals surface area contributed by atoms with Gasteiger partial charge in [-0.25, -0.2) is 0 Å². The fourth-order valence-corrected chi connectivity index (χ4v) is 1.84. The highest BCUT2D eigenvalue weighted by Gasteiger charge is 2.14. The average Bonchev–Trinajstić information content (AvgIpc) is 2.87. The van der Waals surface area contributed by atoms with E-state index in [4.69, 9.17) is 4.42 Å². The molecule has 7 heteroatoms. The van der Waals surface area contributed by atoms with Gasteiger partial charge in [0.15, 0.2) is 0 Å². The summed E-state index contributed by atoms with van der Waals surface area (Å²) in [7, 11) is 0. The Bertz CT molecular complexity index is 609. The summed E-state index contributed by atoms with van der Waals surface area (Å²) in [6.45, 7) is 5.48. The molecule has 0 aliphatic carbocycles. The minimum atomic E-state index is -0.424. The van der Waals surface area contributed by atoms with Gasteiger partial charge in [-0.15, -0.1) is 10.2 Å². The zero-order valence-electron chi connectivity index (χ0n) is 11.4. The van der Waals surface area contributed by atoms with Gasteiger partial charge >= 0.3 is 0 Å². The van der Waals surface area contributed by atoms with E-state index in [1.165, 1.54) is 12.1 Å². The van der Waals surface area contributed by atoms with Crippen molar-refractivity contribution >= 4 is 5.69 Å². The van der Waals surface area contributed by atoms with Crippen LogP contribution in [0.2, 0.25) is 0 Å². The normalized spacial score (nSPS) is 10.7. The predicted molar refractivity (Wildman–Crippen MR) is 73.4 cm³/mol. The van der Waals surface area contributed by atoms with Crippen LogP contribution in [0.4, 0.5) is 5.69 Å². The molecule has 2 aromatic rings. The summed E-state index contributed by atoms with van der Waals surface area (Å²) in [5, 5.41) is 21.8. The van der Waals surface area contributed by atoms with E-state index in [2.05, 4.69) is 15.5 Å². The van der Waals surface area contributed by atoms with Crippen LogP contribution in [0.1, 0.15) is 18.4 Å². The lowest BCUT2D eigenvalue weighted by Gasteiger charge is -2.00. The first-order valence-electron chi connectivity index (χ1n) is 6.40. The van der Waals surface area contributed by atoms with Crippen molar-refractivity contribution in [3.05, 3.63) is 39.8 Å². The number of nitro groups is 1. The van der Waals surface area contributed by atoms with E-state index >= 15 is 0 Å². The van der Waals surface area contributed by atoms with Crippen LogP contribution in [0.25, 0.3) is 11.5 Å². The Morgan fingerprint density at radius 1 is 1.40 bits per heavy atom. The van der Waals surface area contributed by atoms with Crippen LogP contribution in [0.3, 0.4) is 0 Å². The van der Waals surface area contributed by atoms with Gasteiger partial charge in [-0.05, 0) is 25.1 Å². The standard InChI is InChI=1S/C13H16N4O3/c1-3-14-7-6-12-15-16-13(20-12)11-5-4-10(17(18)19)8-9(11)2/h4-5,8,14H,3,6-7H2,1-2H3. The highest BCUT2D eigenvalue weighted by Crippen LogP contribution is 2.25. The number of benzene rings is 1. The van der Waals surface area contributed by atoms with E-state index in [1.807, 2.05) is 6.92 Å². The number of nitro benzene ring substituents is 1. The van der Waals surface area contributed by atoms with Crippen LogP contribution < -0.4 is 5.32 Å². The first-order valence-corrected chi connectivity index (χ1v) is 6.40. The second-order valence-corrected chi connectivity index (χ2v) is 4.36. The first-order chi connectivity index (χ1) is 9.61. The molecule has 0 bridgehead atoms. The molecule has 0 fully saturated rings. The number of likely N-dealkylation sites (N-methyl/N-ethyl adjacent to an activating group) is 1. The van der Waals surface area contributed by atoms with Crippen molar-refractivity contribution in [2.24, 2.45) is 0 Å². The summed E-state index contributed by atoms with van der Waals surface area (Å²) in [6, 6.07) is 4.57. The van der Waals surface area contributed by atoms with Crippen molar-refractivity contribution in [3.63, 3.8) is 0 Å². The van der Waals surface area contributed by atoms with E-state index in [-0.39, 0.29) is 5.69 Å². The summed E-state index contributed by atoms with van der Waals surface area (Å²) in [4.78, 5) is 10.3. The van der Waals surface area contributed by atoms with Crippen molar-refractivity contribution in [3.8, 4) is 11.5 Å². The molecule has 1 heterocycles. The van der Waals surface area contributed by atoms with Crippen LogP contribution in [0.5, 0.6) is 0 Å². The summed E-state index contributed by atoms with van der Waals surface area (Å²) < 4.78 is 5.57. The van der Waals surface area contributed by atoms with E-state index in [9.17, 15) is 10.1 Å². The van der Waals surface area contributed by atoms with Gasteiger partial charge in [0.2, 0.25) is 11.8 Å². The van der Waals surface area contributed by atoms with Gasteiger partial charge in [0.25, 0.3) is 5.69 Å². The predicted octanol–water partition coefficient (Wildman–Crippen LogP) is 2.11. The van der Waals surface area contributed by atoms with Gasteiger partial charge in [0, 0.05) is 30.7 Å². The number of nitrogens with one attached hydrogen (secondary N) is 1. The molecule has 0 saturated heterocycles. The highest BCUT2D eigenvalue weighted by atomic mass is 16.6. The van der Waals surface area contributed by atoms with Crippen LogP contribution in [0.15, 0.2) is 22.6 Å². The number of non-ortho nitro benzene ring substituents is 1. The smallest absolute Gasteiger partial charge is 0.269 e. The van der Waals surface area contributed by atoms with Gasteiger partial charge in [-0.3, -0.25) is 10.1 Å². The summed E-state index contributed by atoms with van der Waals surface area (Å²) in [5.74, 6) is 0.947. The molecule has 0 unspecified atom stereocenters. The zero-order chi connectivity index (χ0) is 14.5. The van der Waals surface area contributed by atoms with Crippen LogP contribution in [-0.4, -0.2) is 28.2 Å². The summed E-state index contributed by atoms with van der Waals surface area (Å²) in [6.07, 6.45) is 0.660. The van der Waals surface area contributed by atoms with Gasteiger partial charge in [0.1, 0.15) is 0 Å². The molecule has 106 valence electrons. The van der Waals surface area contributed by atoms with E-state index in [1.54, 1.807) is 13.0 Å². The fourth-order valence-electron chi connectivity index (χ4n) is 1.84. The lowest BCUT2D eigenvalue weighted by Crippen LogP contribution is -2.16. The van der Waals surface area contributed by atoms with Crippen LogP contribution in [0, 0.1) is 17.0 Å². The molecule has 0 amide bonds. The number of rotatable bonds is 6. The van der Waals surface area contributed by atoms with Crippen LogP contribution >= 0.6 is 0 Å². The molecular weight excluding hydrogens is 260 g/mol. The maximum Gasteiger partial charge on any atom is 0.269 e. The Morgan fingerprint density at radius 3 is 2.85 bits per heavy atom. The Morgan fingerprint density at radius 2 is 2.20 bits per heavy atom. The molecule has 0 aliphatic heterocycles. The molecular formula is C13H16N4O3. The van der Waals surface area contributed by atoms with Crippen LogP contribution in [-0.2, 0) is 6.42 Å². The Labute approximate surface area is 116 Å². The molecule has 0 spiro atoms. The number of aromatic nitrogens is 2. The third-order valence-electron chi connectivity index (χ3n) is 2.88. The van der Waals surface area contributed by atoms with E-state index in [0.717, 1.165) is 24.2 Å². The summed E-state index contributed by atoms with van der Waals surface area (Å²) >= 11 is 0. The quantitative estimate of drug-likeness (QED) is 0.493. The topological polar surface area (TPSA) is 94.1 Å². The Kier molecular flexibility index (Phi) is 4.41. The van der Waals surface area contributed by atoms with Crippen molar-refractivity contribution in [1.29, 1.82) is 0 Å². The molecule has 1 N–H and O–H groups in total. The van der Waals surface area contributed by atoms with Gasteiger partial charge in [0.05, 0.1) is 4.92 Å². The third-order valence-corrected chi connectivity index (χ3v) is 2.88. The molecule has 0 atom stereocenters. The van der Waals surface area contributed by atoms with Crippen molar-refractivity contribution < 1.29 is 9.34 Å². The zero-order valence-corrected chi connectivity index (χ0v) is 11.4. The van der Waals surface area contributed by atoms with Gasteiger partial charge in [-0.1, -0.05) is 6.92 Å². The lowest BCUT2D eigenvalue weighted by atomic mass is 10.1. The molecule has 20 heavy (non-hydrogen) atoms. The van der Waals surface area contributed by atoms with Crippen molar-refractivity contribution in [2.45, 2.75) is 20.3 Å². The lowest BCUT2D eigenvalue weighted by molar-refractivity contribution is -0.384. The minimum Gasteiger partial charge on any atom is -0.421 e. The first kappa shape index (κ1) is 14.1. The maximum atomic E-state index is 10.7. The fraction of sp³-hybridized carbons (Fsp3) is 0.385. The third kappa shape index (κ3) is 3.18. The molecule has 0 saturated carbocycles. The van der Waals surface area contributed by atoms with E-state index < -0.39 is 4.92 Å². The monoisotopic (exact) mass is 276 g/mol. The van der Waals surface area contributed by atoms with Gasteiger partial charge < -0.3 is 9.73 Å². The van der Waals surface area contributed by atoms with Crippen molar-refractivity contribution in [1.82, 2.24) is 15.5 Å². The van der Waals surface area contributed by atoms with Gasteiger partial charge in [-0.2, -0.15) is 0 Å². The molecule has 0 radical (unpaired) electrons. The Hall–Kier alpha value is -2.28. The number of hydrogen-bond acceptors (Lipinski definition) is 6. The van der Waals surface area contributed by atoms with E-state index in [0.29, 0.717) is 18.2 Å². The number of nitrogens with zero attached hydrogens (tertiary/aromatic N) is 3. The second-order valence-electron chi connectivity index (χ2n) is 4.36. The minimum absolute atomic E-state index is 0.0538. The number of hydrogen-bond donors (Lipinski definition) is 1. The van der Waals surface area contributed by atoms with Crippen molar-refractivity contribution in [2.75, 3.05) is 13.1 Å². The Balaban J connectivity index is 2.17. The summed E-state index contributed by atoms with van der Waals surface area (Å²) in [5.41, 5.74) is 1.51. The molecule has 1 aromatic carbocycles. The average molecular weight is 276 g/mol.